The first-order valence-electron chi connectivity index (χ1n) is 10.9. The van der Waals surface area contributed by atoms with Crippen molar-refractivity contribution in [3.05, 3.63) is 87.2 Å². The van der Waals surface area contributed by atoms with Crippen LogP contribution in [0.25, 0.3) is 0 Å². The summed E-state index contributed by atoms with van der Waals surface area (Å²) in [4.78, 5) is 52.1. The summed E-state index contributed by atoms with van der Waals surface area (Å²) in [5.41, 5.74) is 3.04. The molecule has 0 N–H and O–H groups in total. The predicted molar refractivity (Wildman–Crippen MR) is 126 cm³/mol. The topological polar surface area (TPSA) is 85.7 Å². The molecule has 1 fully saturated rings. The molecule has 1 aliphatic heterocycles. The normalized spacial score (nSPS) is 15.0. The Hall–Kier alpha value is -3.71. The van der Waals surface area contributed by atoms with E-state index in [0.29, 0.717) is 11.6 Å². The molecule has 0 spiro atoms. The number of carbonyl (C=O) groups is 4. The lowest BCUT2D eigenvalue weighted by Gasteiger charge is -2.15. The summed E-state index contributed by atoms with van der Waals surface area (Å²) < 4.78 is 7.40. The monoisotopic (exact) mass is 476 g/mol. The van der Waals surface area contributed by atoms with Gasteiger partial charge < -0.3 is 9.30 Å². The minimum Gasteiger partial charge on any atom is -0.454 e. The Morgan fingerprint density at radius 3 is 2.41 bits per heavy atom. The van der Waals surface area contributed by atoms with Gasteiger partial charge in [0.1, 0.15) is 0 Å². The number of aryl methyl sites for hydroxylation is 1. The molecule has 1 aliphatic carbocycles. The van der Waals surface area contributed by atoms with Gasteiger partial charge in [-0.3, -0.25) is 14.4 Å². The Morgan fingerprint density at radius 1 is 1.00 bits per heavy atom. The molecular formula is C26H21ClN2O5. The van der Waals surface area contributed by atoms with Crippen LogP contribution < -0.4 is 4.90 Å². The fourth-order valence-electron chi connectivity index (χ4n) is 4.47. The second-order valence-corrected chi connectivity index (χ2v) is 8.95. The Kier molecular flexibility index (Phi) is 5.37. The number of rotatable bonds is 6. The second kappa shape index (κ2) is 8.25. The lowest BCUT2D eigenvalue weighted by molar-refractivity contribution is 0.0474. The van der Waals surface area contributed by atoms with Crippen molar-refractivity contribution in [2.75, 3.05) is 11.5 Å². The maximum Gasteiger partial charge on any atom is 0.338 e. The highest BCUT2D eigenvalue weighted by atomic mass is 35.5. The molecule has 0 bridgehead atoms. The van der Waals surface area contributed by atoms with Gasteiger partial charge in [0.2, 0.25) is 5.78 Å². The molecule has 0 atom stereocenters. The fourth-order valence-corrected chi connectivity index (χ4v) is 4.69. The number of Topliss-reactive ketones (excluding diaryl/α,β-unsaturated/α-hetero) is 1. The summed E-state index contributed by atoms with van der Waals surface area (Å²) in [5, 5.41) is 0.260. The molecule has 0 radical (unpaired) electrons. The van der Waals surface area contributed by atoms with Gasteiger partial charge in [0, 0.05) is 23.0 Å². The number of esters is 1. The molecule has 2 amide bonds. The molecule has 0 unspecified atom stereocenters. The molecule has 8 heteroatoms. The van der Waals surface area contributed by atoms with Crippen molar-refractivity contribution in [1.29, 1.82) is 0 Å². The summed E-state index contributed by atoms with van der Waals surface area (Å²) in [7, 11) is 0. The number of fused-ring (bicyclic) bond motifs is 1. The van der Waals surface area contributed by atoms with E-state index in [1.54, 1.807) is 24.3 Å². The second-order valence-electron chi connectivity index (χ2n) is 8.54. The molecule has 5 rings (SSSR count). The number of benzene rings is 2. The van der Waals surface area contributed by atoms with Crippen LogP contribution in [0.2, 0.25) is 5.02 Å². The van der Waals surface area contributed by atoms with Gasteiger partial charge in [-0.2, -0.15) is 0 Å². The summed E-state index contributed by atoms with van der Waals surface area (Å²) in [6, 6.07) is 12.9. The molecule has 3 aromatic rings. The molecule has 2 aromatic carbocycles. The highest BCUT2D eigenvalue weighted by Crippen LogP contribution is 2.38. The number of imide groups is 1. The highest BCUT2D eigenvalue weighted by molar-refractivity contribution is 6.39. The van der Waals surface area contributed by atoms with Crippen LogP contribution in [-0.2, 0) is 4.74 Å². The van der Waals surface area contributed by atoms with Crippen LogP contribution in [0.4, 0.5) is 5.69 Å². The number of ketones is 1. The molecular weight excluding hydrogens is 456 g/mol. The van der Waals surface area contributed by atoms with E-state index in [-0.39, 0.29) is 33.2 Å². The van der Waals surface area contributed by atoms with Gasteiger partial charge in [0.15, 0.2) is 6.61 Å². The maximum absolute atomic E-state index is 13.0. The van der Waals surface area contributed by atoms with E-state index in [4.69, 9.17) is 16.3 Å². The number of nitrogens with zero attached hydrogens (tertiary/aromatic N) is 2. The zero-order valence-corrected chi connectivity index (χ0v) is 19.4. The van der Waals surface area contributed by atoms with Crippen molar-refractivity contribution in [3.63, 3.8) is 0 Å². The molecule has 7 nitrogen and oxygen atoms in total. The van der Waals surface area contributed by atoms with Crippen LogP contribution in [0.15, 0.2) is 48.5 Å². The molecule has 0 saturated heterocycles. The first-order valence-corrected chi connectivity index (χ1v) is 11.3. The van der Waals surface area contributed by atoms with Gasteiger partial charge in [0.25, 0.3) is 11.8 Å². The van der Waals surface area contributed by atoms with Gasteiger partial charge in [-0.15, -0.1) is 0 Å². The van der Waals surface area contributed by atoms with Crippen LogP contribution in [0.1, 0.15) is 71.7 Å². The van der Waals surface area contributed by atoms with Crippen LogP contribution in [0, 0.1) is 13.8 Å². The van der Waals surface area contributed by atoms with Gasteiger partial charge >= 0.3 is 5.97 Å². The predicted octanol–water partition coefficient (Wildman–Crippen LogP) is 4.93. The lowest BCUT2D eigenvalue weighted by Crippen LogP contribution is -2.29. The minimum absolute atomic E-state index is 0.0807. The number of carbonyl (C=O) groups excluding carboxylic acids is 4. The largest absolute Gasteiger partial charge is 0.454 e. The maximum atomic E-state index is 13.0. The Labute approximate surface area is 200 Å². The van der Waals surface area contributed by atoms with E-state index in [9.17, 15) is 19.2 Å². The van der Waals surface area contributed by atoms with Crippen molar-refractivity contribution in [1.82, 2.24) is 4.57 Å². The average Bonchev–Trinajstić information content (AvgIpc) is 3.57. The quantitative estimate of drug-likeness (QED) is 0.286. The zero-order chi connectivity index (χ0) is 24.1. The first kappa shape index (κ1) is 22.1. The number of aromatic nitrogens is 1. The number of ether oxygens (including phenoxy) is 1. The van der Waals surface area contributed by atoms with Crippen LogP contribution in [0.3, 0.4) is 0 Å². The van der Waals surface area contributed by atoms with Crippen molar-refractivity contribution in [2.45, 2.75) is 32.7 Å². The fraction of sp³-hybridized carbons (Fsp3) is 0.231. The van der Waals surface area contributed by atoms with Crippen molar-refractivity contribution >= 4 is 40.9 Å². The lowest BCUT2D eigenvalue weighted by atomic mass is 10.1. The number of hydrogen-bond acceptors (Lipinski definition) is 5. The Balaban J connectivity index is 1.32. The third-order valence-electron chi connectivity index (χ3n) is 6.25. The van der Waals surface area contributed by atoms with Gasteiger partial charge in [-0.25, -0.2) is 9.69 Å². The summed E-state index contributed by atoms with van der Waals surface area (Å²) >= 11 is 6.17. The number of para-hydroxylation sites is 1. The molecule has 2 aliphatic rings. The summed E-state index contributed by atoms with van der Waals surface area (Å²) in [6.45, 7) is 3.45. The molecule has 1 saturated carbocycles. The first-order chi connectivity index (χ1) is 16.3. The standard InChI is InChI=1S/C26H21ClN2O5/c1-14-11-19(15(2)28(14)17-8-9-17)23(30)13-34-26(33)16-7-10-18-20(12-16)25(32)29(24(18)31)22-6-4-3-5-21(22)27/h3-7,10-12,17H,8-9,13H2,1-2H3. The van der Waals surface area contributed by atoms with E-state index >= 15 is 0 Å². The van der Waals surface area contributed by atoms with E-state index in [2.05, 4.69) is 4.57 Å². The average molecular weight is 477 g/mol. The van der Waals surface area contributed by atoms with Crippen LogP contribution >= 0.6 is 11.6 Å². The number of hydrogen-bond donors (Lipinski definition) is 0. The Bertz CT molecular complexity index is 1390. The third kappa shape index (κ3) is 3.62. The molecule has 2 heterocycles. The van der Waals surface area contributed by atoms with Crippen molar-refractivity contribution in [2.24, 2.45) is 0 Å². The van der Waals surface area contributed by atoms with E-state index in [1.807, 2.05) is 19.9 Å². The van der Waals surface area contributed by atoms with Gasteiger partial charge in [-0.05, 0) is 63.1 Å². The van der Waals surface area contributed by atoms with Crippen molar-refractivity contribution < 1.29 is 23.9 Å². The van der Waals surface area contributed by atoms with Crippen molar-refractivity contribution in [3.8, 4) is 0 Å². The molecule has 172 valence electrons. The Morgan fingerprint density at radius 2 is 1.71 bits per heavy atom. The molecule has 34 heavy (non-hydrogen) atoms. The van der Waals surface area contributed by atoms with Gasteiger partial charge in [0.05, 0.1) is 27.4 Å². The van der Waals surface area contributed by atoms with Crippen LogP contribution in [0.5, 0.6) is 0 Å². The SMILES string of the molecule is Cc1cc(C(=O)COC(=O)c2ccc3c(c2)C(=O)N(c2ccccc2Cl)C3=O)c(C)n1C1CC1. The highest BCUT2D eigenvalue weighted by Gasteiger charge is 2.38. The van der Waals surface area contributed by atoms with Crippen LogP contribution in [-0.4, -0.2) is 34.7 Å². The van der Waals surface area contributed by atoms with Gasteiger partial charge in [-0.1, -0.05) is 23.7 Å². The number of amides is 2. The van der Waals surface area contributed by atoms with E-state index < -0.39 is 24.4 Å². The number of halogens is 1. The summed E-state index contributed by atoms with van der Waals surface area (Å²) in [5.74, 6) is -2.13. The van der Waals surface area contributed by atoms with E-state index in [1.165, 1.54) is 18.2 Å². The minimum atomic E-state index is -0.747. The third-order valence-corrected chi connectivity index (χ3v) is 6.57. The number of anilines is 1. The van der Waals surface area contributed by atoms with E-state index in [0.717, 1.165) is 29.1 Å². The molecule has 1 aromatic heterocycles. The summed E-state index contributed by atoms with van der Waals surface area (Å²) in [6.07, 6.45) is 2.21. The smallest absolute Gasteiger partial charge is 0.338 e. The zero-order valence-electron chi connectivity index (χ0n) is 18.6.